The van der Waals surface area contributed by atoms with Crippen LogP contribution in [0, 0.1) is 13.8 Å². The molecule has 1 aliphatic carbocycles. The molecule has 0 N–H and O–H groups in total. The lowest BCUT2D eigenvalue weighted by molar-refractivity contribution is 0.111. The normalized spacial score (nSPS) is 16.1. The standard InChI is InChI=1S/C17H21N3O/c1-12-8-9-16(13(2)10-12)20-17(15(11-21)18-19-20)14-6-4-3-5-7-14/h8-11,14H,3-7H2,1-2H3. The summed E-state index contributed by atoms with van der Waals surface area (Å²) in [4.78, 5) is 11.3. The van der Waals surface area contributed by atoms with Crippen LogP contribution in [0.25, 0.3) is 5.69 Å². The van der Waals surface area contributed by atoms with E-state index in [1.54, 1.807) is 0 Å². The molecule has 0 atom stereocenters. The van der Waals surface area contributed by atoms with Crippen molar-refractivity contribution in [2.75, 3.05) is 0 Å². The number of carbonyl (C=O) groups excluding carboxylic acids is 1. The molecule has 3 rings (SSSR count). The van der Waals surface area contributed by atoms with Gasteiger partial charge in [0.2, 0.25) is 0 Å². The number of aromatic nitrogens is 3. The fourth-order valence-electron chi connectivity index (χ4n) is 3.36. The number of aryl methyl sites for hydroxylation is 2. The molecule has 4 heteroatoms. The van der Waals surface area contributed by atoms with Crippen molar-refractivity contribution in [3.05, 3.63) is 40.7 Å². The van der Waals surface area contributed by atoms with Crippen LogP contribution in [0.1, 0.15) is 65.3 Å². The SMILES string of the molecule is Cc1ccc(-n2nnc(C=O)c2C2CCCCC2)c(C)c1. The van der Waals surface area contributed by atoms with E-state index in [-0.39, 0.29) is 0 Å². The van der Waals surface area contributed by atoms with Crippen molar-refractivity contribution in [1.82, 2.24) is 15.0 Å². The molecule has 0 aliphatic heterocycles. The molecule has 1 aromatic carbocycles. The van der Waals surface area contributed by atoms with Crippen LogP contribution in [0.4, 0.5) is 0 Å². The Hall–Kier alpha value is -1.97. The second kappa shape index (κ2) is 5.80. The maximum atomic E-state index is 11.3. The Bertz CT molecular complexity index is 654. The number of rotatable bonds is 3. The first kappa shape index (κ1) is 14.0. The molecular formula is C17H21N3O. The molecular weight excluding hydrogens is 262 g/mol. The third-order valence-corrected chi connectivity index (χ3v) is 4.42. The van der Waals surface area contributed by atoms with E-state index in [9.17, 15) is 4.79 Å². The van der Waals surface area contributed by atoms with Crippen LogP contribution in [0.15, 0.2) is 18.2 Å². The summed E-state index contributed by atoms with van der Waals surface area (Å²) in [5.74, 6) is 0.398. The number of benzene rings is 1. The fourth-order valence-corrected chi connectivity index (χ4v) is 3.36. The Morgan fingerprint density at radius 3 is 2.62 bits per heavy atom. The van der Waals surface area contributed by atoms with Crippen molar-refractivity contribution in [3.8, 4) is 5.69 Å². The zero-order chi connectivity index (χ0) is 14.8. The van der Waals surface area contributed by atoms with E-state index in [2.05, 4.69) is 42.4 Å². The van der Waals surface area contributed by atoms with Gasteiger partial charge in [-0.25, -0.2) is 4.68 Å². The van der Waals surface area contributed by atoms with Crippen molar-refractivity contribution in [2.24, 2.45) is 0 Å². The molecule has 0 unspecified atom stereocenters. The summed E-state index contributed by atoms with van der Waals surface area (Å²) in [7, 11) is 0. The summed E-state index contributed by atoms with van der Waals surface area (Å²) >= 11 is 0. The van der Waals surface area contributed by atoms with Crippen LogP contribution >= 0.6 is 0 Å². The molecule has 2 aromatic rings. The van der Waals surface area contributed by atoms with Crippen LogP contribution < -0.4 is 0 Å². The van der Waals surface area contributed by atoms with Gasteiger partial charge < -0.3 is 0 Å². The second-order valence-electron chi connectivity index (χ2n) is 6.01. The Morgan fingerprint density at radius 1 is 1.19 bits per heavy atom. The van der Waals surface area contributed by atoms with Gasteiger partial charge in [-0.15, -0.1) is 5.10 Å². The van der Waals surface area contributed by atoms with E-state index in [0.29, 0.717) is 11.6 Å². The Kier molecular flexibility index (Phi) is 3.86. The first-order chi connectivity index (χ1) is 10.2. The molecule has 1 heterocycles. The van der Waals surface area contributed by atoms with Gasteiger partial charge in [-0.1, -0.05) is 42.2 Å². The molecule has 1 aromatic heterocycles. The van der Waals surface area contributed by atoms with E-state index >= 15 is 0 Å². The molecule has 1 fully saturated rings. The minimum absolute atomic E-state index is 0.398. The third-order valence-electron chi connectivity index (χ3n) is 4.42. The molecule has 0 saturated heterocycles. The van der Waals surface area contributed by atoms with Gasteiger partial charge in [0.1, 0.15) is 5.69 Å². The highest BCUT2D eigenvalue weighted by Crippen LogP contribution is 2.34. The van der Waals surface area contributed by atoms with Gasteiger partial charge in [0.05, 0.1) is 11.4 Å². The smallest absolute Gasteiger partial charge is 0.172 e. The molecule has 0 bridgehead atoms. The maximum absolute atomic E-state index is 11.3. The van der Waals surface area contributed by atoms with Crippen molar-refractivity contribution in [2.45, 2.75) is 51.9 Å². The Morgan fingerprint density at radius 2 is 1.95 bits per heavy atom. The van der Waals surface area contributed by atoms with Gasteiger partial charge in [-0.05, 0) is 38.3 Å². The topological polar surface area (TPSA) is 47.8 Å². The minimum atomic E-state index is 0.398. The zero-order valence-corrected chi connectivity index (χ0v) is 12.7. The molecule has 4 nitrogen and oxygen atoms in total. The van der Waals surface area contributed by atoms with Crippen LogP contribution in [0.3, 0.4) is 0 Å². The maximum Gasteiger partial charge on any atom is 0.172 e. The molecule has 0 spiro atoms. The van der Waals surface area contributed by atoms with Crippen LogP contribution in [0.5, 0.6) is 0 Å². The Labute approximate surface area is 125 Å². The number of hydrogen-bond donors (Lipinski definition) is 0. The Balaban J connectivity index is 2.09. The zero-order valence-electron chi connectivity index (χ0n) is 12.7. The summed E-state index contributed by atoms with van der Waals surface area (Å²) in [6.45, 7) is 4.16. The van der Waals surface area contributed by atoms with Crippen molar-refractivity contribution in [3.63, 3.8) is 0 Å². The lowest BCUT2D eigenvalue weighted by Gasteiger charge is -2.23. The summed E-state index contributed by atoms with van der Waals surface area (Å²) < 4.78 is 1.88. The molecule has 1 saturated carbocycles. The highest BCUT2D eigenvalue weighted by atomic mass is 16.1. The van der Waals surface area contributed by atoms with Crippen molar-refractivity contribution >= 4 is 6.29 Å². The van der Waals surface area contributed by atoms with Crippen LogP contribution in [-0.4, -0.2) is 21.3 Å². The van der Waals surface area contributed by atoms with E-state index in [1.807, 2.05) is 4.68 Å². The van der Waals surface area contributed by atoms with Crippen LogP contribution in [-0.2, 0) is 0 Å². The summed E-state index contributed by atoms with van der Waals surface area (Å²) in [5.41, 5.74) is 4.92. The van der Waals surface area contributed by atoms with Gasteiger partial charge in [0.15, 0.2) is 6.29 Å². The largest absolute Gasteiger partial charge is 0.296 e. The number of nitrogens with zero attached hydrogens (tertiary/aromatic N) is 3. The van der Waals surface area contributed by atoms with Crippen molar-refractivity contribution in [1.29, 1.82) is 0 Å². The van der Waals surface area contributed by atoms with Crippen LogP contribution in [0.2, 0.25) is 0 Å². The monoisotopic (exact) mass is 283 g/mol. The van der Waals surface area contributed by atoms with Crippen molar-refractivity contribution < 1.29 is 4.79 Å². The number of aldehydes is 1. The number of carbonyl (C=O) groups is 1. The first-order valence-corrected chi connectivity index (χ1v) is 7.69. The minimum Gasteiger partial charge on any atom is -0.296 e. The van der Waals surface area contributed by atoms with E-state index < -0.39 is 0 Å². The average Bonchev–Trinajstić information content (AvgIpc) is 2.92. The predicted octanol–water partition coefficient (Wildman–Crippen LogP) is 3.74. The van der Waals surface area contributed by atoms with Gasteiger partial charge in [-0.3, -0.25) is 4.79 Å². The summed E-state index contributed by atoms with van der Waals surface area (Å²) in [5, 5.41) is 8.35. The fraction of sp³-hybridized carbons (Fsp3) is 0.471. The van der Waals surface area contributed by atoms with E-state index in [0.717, 1.165) is 36.1 Å². The highest BCUT2D eigenvalue weighted by Gasteiger charge is 2.25. The van der Waals surface area contributed by atoms with Gasteiger partial charge in [0, 0.05) is 5.92 Å². The van der Waals surface area contributed by atoms with Gasteiger partial charge in [0.25, 0.3) is 0 Å². The molecule has 21 heavy (non-hydrogen) atoms. The highest BCUT2D eigenvalue weighted by molar-refractivity contribution is 5.74. The second-order valence-corrected chi connectivity index (χ2v) is 6.01. The molecule has 110 valence electrons. The molecule has 0 amide bonds. The lowest BCUT2D eigenvalue weighted by atomic mass is 9.86. The van der Waals surface area contributed by atoms with E-state index in [4.69, 9.17) is 0 Å². The first-order valence-electron chi connectivity index (χ1n) is 7.69. The summed E-state index contributed by atoms with van der Waals surface area (Å²) in [6.07, 6.45) is 6.83. The third kappa shape index (κ3) is 2.62. The van der Waals surface area contributed by atoms with Gasteiger partial charge in [-0.2, -0.15) is 0 Å². The predicted molar refractivity (Wildman–Crippen MR) is 82.0 cm³/mol. The van der Waals surface area contributed by atoms with E-state index in [1.165, 1.54) is 24.8 Å². The average molecular weight is 283 g/mol. The summed E-state index contributed by atoms with van der Waals surface area (Å²) in [6, 6.07) is 6.29. The van der Waals surface area contributed by atoms with Gasteiger partial charge >= 0.3 is 0 Å². The quantitative estimate of drug-likeness (QED) is 0.806. The molecule has 0 radical (unpaired) electrons. The molecule has 1 aliphatic rings. The lowest BCUT2D eigenvalue weighted by Crippen LogP contribution is -2.13. The number of hydrogen-bond acceptors (Lipinski definition) is 3.